The maximum Gasteiger partial charge on any atom is 0.307 e. The molecule has 0 spiro atoms. The van der Waals surface area contributed by atoms with Gasteiger partial charge in [-0.1, -0.05) is 0 Å². The topological polar surface area (TPSA) is 78.9 Å². The van der Waals surface area contributed by atoms with Gasteiger partial charge in [0, 0.05) is 12.2 Å². The highest BCUT2D eigenvalue weighted by Gasteiger charge is 2.26. The van der Waals surface area contributed by atoms with E-state index in [0.29, 0.717) is 25.3 Å². The van der Waals surface area contributed by atoms with E-state index in [1.165, 1.54) is 0 Å². The van der Waals surface area contributed by atoms with E-state index in [9.17, 15) is 9.59 Å². The van der Waals surface area contributed by atoms with Gasteiger partial charge >= 0.3 is 5.97 Å². The second-order valence-corrected chi connectivity index (χ2v) is 5.42. The third-order valence-corrected chi connectivity index (χ3v) is 3.67. The lowest BCUT2D eigenvalue weighted by molar-refractivity contribution is -0.144. The van der Waals surface area contributed by atoms with Crippen LogP contribution in [0.3, 0.4) is 0 Å². The van der Waals surface area contributed by atoms with E-state index in [0.717, 1.165) is 18.7 Å². The number of carboxylic acid groups (broad SMARTS) is 1. The van der Waals surface area contributed by atoms with Crippen LogP contribution in [0.1, 0.15) is 19.8 Å². The van der Waals surface area contributed by atoms with Gasteiger partial charge in [0.05, 0.1) is 19.1 Å². The zero-order valence-corrected chi connectivity index (χ0v) is 12.7. The molecule has 1 unspecified atom stereocenters. The summed E-state index contributed by atoms with van der Waals surface area (Å²) in [4.78, 5) is 25.0. The molecule has 6 nitrogen and oxygen atoms in total. The Balaban J connectivity index is 1.83. The van der Waals surface area contributed by atoms with Crippen LogP contribution in [0.5, 0.6) is 5.75 Å². The van der Waals surface area contributed by atoms with Crippen LogP contribution in [0.4, 0.5) is 5.69 Å². The summed E-state index contributed by atoms with van der Waals surface area (Å²) in [5, 5.41) is 11.9. The van der Waals surface area contributed by atoms with Crippen molar-refractivity contribution in [2.75, 3.05) is 31.6 Å². The monoisotopic (exact) mass is 306 g/mol. The van der Waals surface area contributed by atoms with Crippen molar-refractivity contribution >= 4 is 17.6 Å². The number of benzene rings is 1. The van der Waals surface area contributed by atoms with Crippen LogP contribution < -0.4 is 10.1 Å². The van der Waals surface area contributed by atoms with Crippen LogP contribution in [0, 0.1) is 5.92 Å². The van der Waals surface area contributed by atoms with Crippen LogP contribution >= 0.6 is 0 Å². The molecule has 0 aliphatic carbocycles. The predicted molar refractivity (Wildman–Crippen MR) is 83.0 cm³/mol. The molecule has 1 heterocycles. The molecule has 1 atom stereocenters. The molecule has 1 aromatic rings. The van der Waals surface area contributed by atoms with Crippen LogP contribution in [0.25, 0.3) is 0 Å². The molecule has 120 valence electrons. The van der Waals surface area contributed by atoms with Gasteiger partial charge in [0.1, 0.15) is 5.75 Å². The first-order valence-electron chi connectivity index (χ1n) is 7.56. The Morgan fingerprint density at radius 1 is 1.36 bits per heavy atom. The number of anilines is 1. The number of nitrogens with zero attached hydrogens (tertiary/aromatic N) is 1. The average molecular weight is 306 g/mol. The van der Waals surface area contributed by atoms with Crippen molar-refractivity contribution in [2.45, 2.75) is 19.8 Å². The first-order chi connectivity index (χ1) is 10.6. The maximum atomic E-state index is 12.0. The number of amides is 1. The summed E-state index contributed by atoms with van der Waals surface area (Å²) >= 11 is 0. The van der Waals surface area contributed by atoms with Crippen LogP contribution in [-0.4, -0.2) is 48.1 Å². The number of carboxylic acids is 1. The fourth-order valence-electron chi connectivity index (χ4n) is 2.61. The number of rotatable bonds is 6. The summed E-state index contributed by atoms with van der Waals surface area (Å²) in [7, 11) is 0. The molecule has 0 aromatic heterocycles. The van der Waals surface area contributed by atoms with Crippen LogP contribution in [0.15, 0.2) is 24.3 Å². The van der Waals surface area contributed by atoms with Crippen LogP contribution in [-0.2, 0) is 9.59 Å². The molecule has 0 radical (unpaired) electrons. The molecule has 0 bridgehead atoms. The van der Waals surface area contributed by atoms with Gasteiger partial charge < -0.3 is 15.2 Å². The van der Waals surface area contributed by atoms with E-state index in [2.05, 4.69) is 5.32 Å². The summed E-state index contributed by atoms with van der Waals surface area (Å²) in [6.07, 6.45) is 1.50. The lowest BCUT2D eigenvalue weighted by Gasteiger charge is -2.29. The van der Waals surface area contributed by atoms with Crippen LogP contribution in [0.2, 0.25) is 0 Å². The maximum absolute atomic E-state index is 12.0. The minimum atomic E-state index is -0.781. The van der Waals surface area contributed by atoms with E-state index in [1.54, 1.807) is 24.3 Å². The Kier molecular flexibility index (Phi) is 5.77. The number of carbonyl (C=O) groups excluding carboxylic acids is 1. The summed E-state index contributed by atoms with van der Waals surface area (Å²) in [6.45, 7) is 3.94. The zero-order chi connectivity index (χ0) is 15.9. The van der Waals surface area contributed by atoms with E-state index >= 15 is 0 Å². The summed E-state index contributed by atoms with van der Waals surface area (Å²) < 4.78 is 5.34. The van der Waals surface area contributed by atoms with Gasteiger partial charge in [0.15, 0.2) is 0 Å². The third kappa shape index (κ3) is 4.73. The number of nitrogens with one attached hydrogen (secondary N) is 1. The van der Waals surface area contributed by atoms with Gasteiger partial charge in [-0.15, -0.1) is 0 Å². The van der Waals surface area contributed by atoms with E-state index in [1.807, 2.05) is 11.8 Å². The van der Waals surface area contributed by atoms with Crippen molar-refractivity contribution in [3.8, 4) is 5.75 Å². The Morgan fingerprint density at radius 3 is 2.73 bits per heavy atom. The van der Waals surface area contributed by atoms with Crippen molar-refractivity contribution in [3.63, 3.8) is 0 Å². The molecule has 1 fully saturated rings. The second kappa shape index (κ2) is 7.79. The fourth-order valence-corrected chi connectivity index (χ4v) is 2.61. The number of hydrogen-bond donors (Lipinski definition) is 2. The van der Waals surface area contributed by atoms with Gasteiger partial charge in [-0.05, 0) is 50.6 Å². The standard InChI is InChI=1S/C16H22N2O4/c1-2-22-14-7-5-13(6-8-14)17-15(19)11-18-9-3-4-12(10-18)16(20)21/h5-8,12H,2-4,9-11H2,1H3,(H,17,19)(H,20,21). The Hall–Kier alpha value is -2.08. The first-order valence-corrected chi connectivity index (χ1v) is 7.56. The average Bonchev–Trinajstić information content (AvgIpc) is 2.49. The molecule has 6 heteroatoms. The number of carbonyl (C=O) groups is 2. The van der Waals surface area contributed by atoms with E-state index < -0.39 is 5.97 Å². The van der Waals surface area contributed by atoms with Crippen molar-refractivity contribution in [2.24, 2.45) is 5.92 Å². The normalized spacial score (nSPS) is 18.7. The van der Waals surface area contributed by atoms with Gasteiger partial charge in [-0.25, -0.2) is 0 Å². The van der Waals surface area contributed by atoms with E-state index in [4.69, 9.17) is 9.84 Å². The highest BCUT2D eigenvalue weighted by molar-refractivity contribution is 5.92. The Labute approximate surface area is 130 Å². The molecular weight excluding hydrogens is 284 g/mol. The molecular formula is C16H22N2O4. The molecule has 1 aliphatic heterocycles. The van der Waals surface area contributed by atoms with Gasteiger partial charge in [0.25, 0.3) is 0 Å². The minimum absolute atomic E-state index is 0.129. The predicted octanol–water partition coefficient (Wildman–Crippen LogP) is 1.82. The van der Waals surface area contributed by atoms with Gasteiger partial charge in [-0.2, -0.15) is 0 Å². The molecule has 1 aliphatic rings. The molecule has 2 N–H and O–H groups in total. The van der Waals surface area contributed by atoms with Gasteiger partial charge in [-0.3, -0.25) is 14.5 Å². The van der Waals surface area contributed by atoms with E-state index in [-0.39, 0.29) is 18.4 Å². The Bertz CT molecular complexity index is 515. The lowest BCUT2D eigenvalue weighted by atomic mass is 9.98. The van der Waals surface area contributed by atoms with Crippen molar-refractivity contribution < 1.29 is 19.4 Å². The highest BCUT2D eigenvalue weighted by Crippen LogP contribution is 2.18. The highest BCUT2D eigenvalue weighted by atomic mass is 16.5. The number of aliphatic carboxylic acids is 1. The molecule has 0 saturated carbocycles. The number of piperidine rings is 1. The molecule has 1 amide bonds. The summed E-state index contributed by atoms with van der Waals surface area (Å²) in [5.41, 5.74) is 0.709. The fraction of sp³-hybridized carbons (Fsp3) is 0.500. The number of hydrogen-bond acceptors (Lipinski definition) is 4. The van der Waals surface area contributed by atoms with Crippen molar-refractivity contribution in [1.29, 1.82) is 0 Å². The number of ether oxygens (including phenoxy) is 1. The second-order valence-electron chi connectivity index (χ2n) is 5.42. The Morgan fingerprint density at radius 2 is 2.09 bits per heavy atom. The molecule has 22 heavy (non-hydrogen) atoms. The first kappa shape index (κ1) is 16.3. The molecule has 1 saturated heterocycles. The SMILES string of the molecule is CCOc1ccc(NC(=O)CN2CCCC(C(=O)O)C2)cc1. The van der Waals surface area contributed by atoms with Crippen molar-refractivity contribution in [1.82, 2.24) is 4.90 Å². The largest absolute Gasteiger partial charge is 0.494 e. The summed E-state index contributed by atoms with van der Waals surface area (Å²) in [6, 6.07) is 7.19. The summed E-state index contributed by atoms with van der Waals surface area (Å²) in [5.74, 6) is -0.514. The lowest BCUT2D eigenvalue weighted by Crippen LogP contribution is -2.42. The van der Waals surface area contributed by atoms with Gasteiger partial charge in [0.2, 0.25) is 5.91 Å². The minimum Gasteiger partial charge on any atom is -0.494 e. The number of likely N-dealkylation sites (tertiary alicyclic amines) is 1. The zero-order valence-electron chi connectivity index (χ0n) is 12.7. The van der Waals surface area contributed by atoms with Crippen molar-refractivity contribution in [3.05, 3.63) is 24.3 Å². The third-order valence-electron chi connectivity index (χ3n) is 3.67. The quantitative estimate of drug-likeness (QED) is 0.838. The molecule has 1 aromatic carbocycles. The smallest absolute Gasteiger partial charge is 0.307 e. The molecule has 2 rings (SSSR count).